The third-order valence-corrected chi connectivity index (χ3v) is 4.78. The molecule has 0 fully saturated rings. The van der Waals surface area contributed by atoms with Crippen LogP contribution in [-0.2, 0) is 5.41 Å². The zero-order valence-electron chi connectivity index (χ0n) is 9.17. The van der Waals surface area contributed by atoms with Crippen molar-refractivity contribution in [2.24, 2.45) is 0 Å². The van der Waals surface area contributed by atoms with Crippen LogP contribution in [0.4, 0.5) is 0 Å². The van der Waals surface area contributed by atoms with Gasteiger partial charge in [-0.3, -0.25) is 0 Å². The number of thioether (sulfide) groups is 1. The summed E-state index contributed by atoms with van der Waals surface area (Å²) in [7, 11) is 0. The molecule has 1 atom stereocenters. The smallest absolute Gasteiger partial charge is 0.0175 e. The molecule has 0 spiro atoms. The average molecular weight is 273 g/mol. The first-order chi connectivity index (χ1) is 6.48. The van der Waals surface area contributed by atoms with E-state index in [9.17, 15) is 0 Å². The van der Waals surface area contributed by atoms with Gasteiger partial charge in [-0.2, -0.15) is 11.8 Å². The van der Waals surface area contributed by atoms with Gasteiger partial charge in [-0.25, -0.2) is 0 Å². The molecular formula is C12H17BrS. The quantitative estimate of drug-likeness (QED) is 0.782. The molecule has 0 bridgehead atoms. The van der Waals surface area contributed by atoms with Crippen molar-refractivity contribution in [3.8, 4) is 0 Å². The maximum atomic E-state index is 3.46. The predicted molar refractivity (Wildman–Crippen MR) is 70.1 cm³/mol. The molecule has 1 rings (SSSR count). The molecule has 1 aromatic rings. The van der Waals surface area contributed by atoms with Crippen molar-refractivity contribution in [1.29, 1.82) is 0 Å². The van der Waals surface area contributed by atoms with Gasteiger partial charge in [0.05, 0.1) is 0 Å². The van der Waals surface area contributed by atoms with Crippen LogP contribution in [0.3, 0.4) is 0 Å². The van der Waals surface area contributed by atoms with Crippen LogP contribution >= 0.6 is 27.7 Å². The molecule has 1 aromatic carbocycles. The minimum Gasteiger partial charge on any atom is -0.161 e. The maximum absolute atomic E-state index is 3.46. The summed E-state index contributed by atoms with van der Waals surface area (Å²) in [5, 5.41) is 0.628. The highest BCUT2D eigenvalue weighted by Crippen LogP contribution is 2.33. The predicted octanol–water partition coefficient (Wildman–Crippen LogP) is 4.48. The summed E-state index contributed by atoms with van der Waals surface area (Å²) in [6.07, 6.45) is 2.17. The second kappa shape index (κ2) is 4.71. The zero-order chi connectivity index (χ0) is 10.8. The molecule has 0 radical (unpaired) electrons. The van der Waals surface area contributed by atoms with Gasteiger partial charge in [-0.15, -0.1) is 0 Å². The molecule has 2 heteroatoms. The lowest BCUT2D eigenvalue weighted by Gasteiger charge is -2.31. The van der Waals surface area contributed by atoms with Gasteiger partial charge >= 0.3 is 0 Å². The molecule has 0 N–H and O–H groups in total. The molecule has 0 aliphatic rings. The molecule has 0 aromatic heterocycles. The monoisotopic (exact) mass is 272 g/mol. The Hall–Kier alpha value is 0.0500. The van der Waals surface area contributed by atoms with E-state index < -0.39 is 0 Å². The average Bonchev–Trinajstić information content (AvgIpc) is 2.17. The molecule has 0 saturated heterocycles. The van der Waals surface area contributed by atoms with Crippen LogP contribution in [0.2, 0.25) is 0 Å². The fraction of sp³-hybridized carbons (Fsp3) is 0.500. The minimum absolute atomic E-state index is 0.236. The first-order valence-corrected chi connectivity index (χ1v) is 6.85. The normalized spacial score (nSPS) is 14.1. The Morgan fingerprint density at radius 2 is 1.71 bits per heavy atom. The van der Waals surface area contributed by atoms with E-state index in [4.69, 9.17) is 0 Å². The van der Waals surface area contributed by atoms with Gasteiger partial charge < -0.3 is 0 Å². The van der Waals surface area contributed by atoms with Gasteiger partial charge in [0.2, 0.25) is 0 Å². The van der Waals surface area contributed by atoms with Crippen LogP contribution in [0.5, 0.6) is 0 Å². The van der Waals surface area contributed by atoms with E-state index in [0.29, 0.717) is 5.25 Å². The van der Waals surface area contributed by atoms with Crippen LogP contribution in [0.25, 0.3) is 0 Å². The summed E-state index contributed by atoms with van der Waals surface area (Å²) in [5.41, 5.74) is 1.64. The van der Waals surface area contributed by atoms with Crippen LogP contribution < -0.4 is 0 Å². The Balaban J connectivity index is 2.97. The van der Waals surface area contributed by atoms with Crippen molar-refractivity contribution < 1.29 is 0 Å². The van der Waals surface area contributed by atoms with Gasteiger partial charge in [-0.1, -0.05) is 48.8 Å². The van der Waals surface area contributed by atoms with E-state index in [-0.39, 0.29) is 5.41 Å². The molecule has 78 valence electrons. The minimum atomic E-state index is 0.236. The van der Waals surface area contributed by atoms with Gasteiger partial charge in [0.25, 0.3) is 0 Å². The third kappa shape index (κ3) is 2.54. The molecule has 0 aliphatic heterocycles. The van der Waals surface area contributed by atoms with Crippen LogP contribution in [0, 0.1) is 0 Å². The van der Waals surface area contributed by atoms with Crippen LogP contribution in [0.15, 0.2) is 28.7 Å². The molecule has 1 unspecified atom stereocenters. The summed E-state index contributed by atoms with van der Waals surface area (Å²) < 4.78 is 1.15. The lowest BCUT2D eigenvalue weighted by Crippen LogP contribution is -2.28. The van der Waals surface area contributed by atoms with Gasteiger partial charge in [-0.05, 0) is 24.0 Å². The standard InChI is InChI=1S/C12H17BrS/c1-9(14-4)12(2,3)10-5-7-11(13)8-6-10/h5-9H,1-4H3. The summed E-state index contributed by atoms with van der Waals surface area (Å²) in [6, 6.07) is 8.64. The highest BCUT2D eigenvalue weighted by atomic mass is 79.9. The lowest BCUT2D eigenvalue weighted by molar-refractivity contribution is 0.521. The van der Waals surface area contributed by atoms with E-state index in [0.717, 1.165) is 4.47 Å². The molecular weight excluding hydrogens is 256 g/mol. The Kier molecular flexibility index (Phi) is 4.08. The largest absolute Gasteiger partial charge is 0.161 e. The van der Waals surface area contributed by atoms with Crippen LogP contribution in [-0.4, -0.2) is 11.5 Å². The van der Waals surface area contributed by atoms with Crippen LogP contribution in [0.1, 0.15) is 26.3 Å². The van der Waals surface area contributed by atoms with Crippen molar-refractivity contribution in [3.63, 3.8) is 0 Å². The molecule has 0 amide bonds. The molecule has 0 saturated carbocycles. The van der Waals surface area contributed by atoms with E-state index in [1.54, 1.807) is 0 Å². The van der Waals surface area contributed by atoms with E-state index >= 15 is 0 Å². The SMILES string of the molecule is CSC(C)C(C)(C)c1ccc(Br)cc1. The molecule has 0 aliphatic carbocycles. The highest BCUT2D eigenvalue weighted by molar-refractivity contribution is 9.10. The second-order valence-corrected chi connectivity index (χ2v) is 6.20. The number of hydrogen-bond donors (Lipinski definition) is 0. The topological polar surface area (TPSA) is 0 Å². The Bertz CT molecular complexity index is 290. The van der Waals surface area contributed by atoms with E-state index in [1.165, 1.54) is 5.56 Å². The molecule has 14 heavy (non-hydrogen) atoms. The van der Waals surface area contributed by atoms with Crippen molar-refractivity contribution >= 4 is 27.7 Å². The van der Waals surface area contributed by atoms with E-state index in [1.807, 2.05) is 11.8 Å². The zero-order valence-corrected chi connectivity index (χ0v) is 11.6. The second-order valence-electron chi connectivity index (χ2n) is 4.11. The summed E-state index contributed by atoms with van der Waals surface area (Å²) in [5.74, 6) is 0. The van der Waals surface area contributed by atoms with E-state index in [2.05, 4.69) is 67.2 Å². The highest BCUT2D eigenvalue weighted by Gasteiger charge is 2.26. The van der Waals surface area contributed by atoms with Crippen molar-refractivity contribution in [3.05, 3.63) is 34.3 Å². The summed E-state index contributed by atoms with van der Waals surface area (Å²) in [4.78, 5) is 0. The van der Waals surface area contributed by atoms with Crippen molar-refractivity contribution in [2.45, 2.75) is 31.4 Å². The third-order valence-electron chi connectivity index (χ3n) is 2.96. The van der Waals surface area contributed by atoms with Crippen molar-refractivity contribution in [1.82, 2.24) is 0 Å². The Morgan fingerprint density at radius 3 is 2.14 bits per heavy atom. The number of halogens is 1. The Morgan fingerprint density at radius 1 is 1.21 bits per heavy atom. The number of benzene rings is 1. The van der Waals surface area contributed by atoms with Gasteiger partial charge in [0, 0.05) is 15.1 Å². The first kappa shape index (κ1) is 12.1. The lowest BCUT2D eigenvalue weighted by atomic mass is 9.82. The summed E-state index contributed by atoms with van der Waals surface area (Å²) >= 11 is 5.38. The first-order valence-electron chi connectivity index (χ1n) is 4.77. The summed E-state index contributed by atoms with van der Waals surface area (Å²) in [6.45, 7) is 6.89. The fourth-order valence-corrected chi connectivity index (χ4v) is 2.40. The van der Waals surface area contributed by atoms with Crippen molar-refractivity contribution in [2.75, 3.05) is 6.26 Å². The molecule has 0 heterocycles. The number of hydrogen-bond acceptors (Lipinski definition) is 1. The van der Waals surface area contributed by atoms with Gasteiger partial charge in [0.1, 0.15) is 0 Å². The maximum Gasteiger partial charge on any atom is 0.0175 e. The molecule has 0 nitrogen and oxygen atoms in total. The number of rotatable bonds is 3. The Labute approximate surface area is 99.6 Å². The fourth-order valence-electron chi connectivity index (χ4n) is 1.41. The van der Waals surface area contributed by atoms with Gasteiger partial charge in [0.15, 0.2) is 0 Å².